The fourth-order valence-electron chi connectivity index (χ4n) is 8.44. The van der Waals surface area contributed by atoms with Crippen molar-refractivity contribution in [1.82, 2.24) is 40.4 Å². The maximum atomic E-state index is 13.7. The van der Waals surface area contributed by atoms with Crippen molar-refractivity contribution in [3.05, 3.63) is 60.2 Å². The second-order valence-electron chi connectivity index (χ2n) is 15.8. The fourth-order valence-corrected chi connectivity index (χ4v) is 8.44. The number of likely N-dealkylation sites (tertiary alicyclic amines) is 2. The Morgan fingerprint density at radius 3 is 2.04 bits per heavy atom. The number of nitrogens with one attached hydrogen (secondary N) is 4. The summed E-state index contributed by atoms with van der Waals surface area (Å²) in [5, 5.41) is 8.21. The molecule has 2 aliphatic heterocycles. The Labute approximate surface area is 328 Å². The van der Waals surface area contributed by atoms with Crippen LogP contribution in [0.4, 0.5) is 9.59 Å². The van der Waals surface area contributed by atoms with Crippen LogP contribution in [0.15, 0.2) is 53.1 Å². The van der Waals surface area contributed by atoms with Gasteiger partial charge in [-0.3, -0.25) is 14.6 Å². The molecule has 0 unspecified atom stereocenters. The number of carbonyl (C=O) groups excluding carboxylic acids is 4. The molecular formula is C42H48N8O7. The van der Waals surface area contributed by atoms with Crippen LogP contribution < -0.4 is 10.6 Å². The zero-order valence-electron chi connectivity index (χ0n) is 33.0. The molecule has 0 saturated carbocycles. The maximum Gasteiger partial charge on any atom is 0.407 e. The summed E-state index contributed by atoms with van der Waals surface area (Å²) in [5.74, 6) is 0.813. The summed E-state index contributed by atoms with van der Waals surface area (Å²) < 4.78 is 16.1. The number of aromatic nitrogens is 4. The van der Waals surface area contributed by atoms with E-state index in [4.69, 9.17) is 23.9 Å². The van der Waals surface area contributed by atoms with E-state index in [1.165, 1.54) is 14.2 Å². The molecule has 8 rings (SSSR count). The number of hydrogen-bond donors (Lipinski definition) is 4. The Morgan fingerprint density at radius 1 is 0.772 bits per heavy atom. The van der Waals surface area contributed by atoms with Gasteiger partial charge in [-0.15, -0.1) is 0 Å². The monoisotopic (exact) mass is 776 g/mol. The highest BCUT2D eigenvalue weighted by Gasteiger charge is 2.39. The van der Waals surface area contributed by atoms with E-state index in [9.17, 15) is 19.2 Å². The molecule has 4 atom stereocenters. The predicted octanol–water partition coefficient (Wildman–Crippen LogP) is 7.09. The quantitative estimate of drug-likeness (QED) is 0.119. The number of methoxy groups -OCH3 is 2. The maximum absolute atomic E-state index is 13.7. The van der Waals surface area contributed by atoms with Gasteiger partial charge in [0.05, 0.1) is 42.9 Å². The van der Waals surface area contributed by atoms with Gasteiger partial charge in [0.15, 0.2) is 5.58 Å². The van der Waals surface area contributed by atoms with Crippen LogP contribution in [0.5, 0.6) is 0 Å². The van der Waals surface area contributed by atoms with E-state index in [0.29, 0.717) is 35.8 Å². The molecule has 4 N–H and O–H groups in total. The highest BCUT2D eigenvalue weighted by molar-refractivity contribution is 6.05. The van der Waals surface area contributed by atoms with Crippen molar-refractivity contribution in [3.8, 4) is 11.3 Å². The van der Waals surface area contributed by atoms with Gasteiger partial charge in [-0.2, -0.15) is 0 Å². The summed E-state index contributed by atoms with van der Waals surface area (Å²) >= 11 is 0. The number of hydrogen-bond acceptors (Lipinski definition) is 9. The largest absolute Gasteiger partial charge is 0.454 e. The van der Waals surface area contributed by atoms with Crippen molar-refractivity contribution in [2.45, 2.75) is 77.5 Å². The van der Waals surface area contributed by atoms with Gasteiger partial charge in [0.2, 0.25) is 11.8 Å². The molecule has 2 aromatic carbocycles. The lowest BCUT2D eigenvalue weighted by Gasteiger charge is -2.30. The summed E-state index contributed by atoms with van der Waals surface area (Å²) in [6, 6.07) is 12.3. The first kappa shape index (κ1) is 37.8. The molecule has 57 heavy (non-hydrogen) atoms. The number of rotatable bonds is 9. The highest BCUT2D eigenvalue weighted by atomic mass is 16.5. The van der Waals surface area contributed by atoms with Gasteiger partial charge < -0.3 is 44.3 Å². The van der Waals surface area contributed by atoms with Crippen molar-refractivity contribution >= 4 is 67.8 Å². The lowest BCUT2D eigenvalue weighted by atomic mass is 10.0. The number of imidazole rings is 1. The van der Waals surface area contributed by atoms with Gasteiger partial charge in [-0.05, 0) is 61.8 Å². The molecule has 4 aromatic heterocycles. The molecule has 6 aromatic rings. The third kappa shape index (κ3) is 6.88. The smallest absolute Gasteiger partial charge is 0.407 e. The average Bonchev–Trinajstić information content (AvgIpc) is 4.05. The van der Waals surface area contributed by atoms with Crippen molar-refractivity contribution in [1.29, 1.82) is 0 Å². The first-order chi connectivity index (χ1) is 27.4. The van der Waals surface area contributed by atoms with Crippen LogP contribution in [0.3, 0.4) is 0 Å². The number of ether oxygens (including phenoxy) is 2. The number of amides is 4. The van der Waals surface area contributed by atoms with E-state index in [2.05, 4.69) is 32.7 Å². The van der Waals surface area contributed by atoms with E-state index in [-0.39, 0.29) is 35.7 Å². The Bertz CT molecular complexity index is 2520. The third-order valence-electron chi connectivity index (χ3n) is 11.4. The minimum Gasteiger partial charge on any atom is -0.454 e. The van der Waals surface area contributed by atoms with Crippen LogP contribution in [0.2, 0.25) is 0 Å². The number of benzene rings is 2. The second kappa shape index (κ2) is 15.1. The van der Waals surface area contributed by atoms with Crippen LogP contribution in [0.1, 0.15) is 77.0 Å². The van der Waals surface area contributed by atoms with Gasteiger partial charge >= 0.3 is 12.2 Å². The number of nitrogens with zero attached hydrogens (tertiary/aromatic N) is 4. The topological polar surface area (TPSA) is 188 Å². The predicted molar refractivity (Wildman–Crippen MR) is 214 cm³/mol. The van der Waals surface area contributed by atoms with E-state index in [1.54, 1.807) is 11.1 Å². The Hall–Kier alpha value is -6.12. The third-order valence-corrected chi connectivity index (χ3v) is 11.4. The van der Waals surface area contributed by atoms with Crippen LogP contribution in [-0.4, -0.2) is 93.1 Å². The minimum absolute atomic E-state index is 0.115. The zero-order chi connectivity index (χ0) is 40.1. The normalized spacial score (nSPS) is 18.3. The number of alkyl carbamates (subject to hydrolysis) is 2. The van der Waals surface area contributed by atoms with Gasteiger partial charge in [-0.1, -0.05) is 45.9 Å². The number of aromatic amines is 2. The lowest BCUT2D eigenvalue weighted by Crippen LogP contribution is -2.51. The summed E-state index contributed by atoms with van der Waals surface area (Å²) in [7, 11) is 2.58. The molecule has 2 aliphatic rings. The first-order valence-electron chi connectivity index (χ1n) is 19.6. The van der Waals surface area contributed by atoms with Gasteiger partial charge in [-0.25, -0.2) is 14.6 Å². The van der Waals surface area contributed by atoms with Crippen molar-refractivity contribution in [2.24, 2.45) is 11.8 Å². The molecule has 4 amide bonds. The first-order valence-corrected chi connectivity index (χ1v) is 19.6. The summed E-state index contributed by atoms with van der Waals surface area (Å²) in [6.07, 6.45) is 3.74. The summed E-state index contributed by atoms with van der Waals surface area (Å²) in [5.41, 5.74) is 5.55. The number of fused-ring (bicyclic) bond motifs is 6. The van der Waals surface area contributed by atoms with E-state index < -0.39 is 24.3 Å². The Morgan fingerprint density at radius 2 is 1.39 bits per heavy atom. The molecule has 6 heterocycles. The molecule has 2 fully saturated rings. The SMILES string of the molecule is COC(=O)N[C@H](C(=O)N1CCC[C@H]1c1cc2ccc3cc(-c4cnc5c(ccc6[nH]c([C@@H]7CCCN7C(=O)[C@@H](NC(=O)OC)C(C)C)nc65)c4)oc3c2[nH]1)C(C)C. The molecule has 15 nitrogen and oxygen atoms in total. The number of H-pyrrole nitrogens is 2. The molecule has 298 valence electrons. The van der Waals surface area contributed by atoms with Crippen molar-refractivity contribution in [2.75, 3.05) is 27.3 Å². The standard InChI is InChI=1S/C42H48N8O7/c1-21(2)32(47-41(53)55-5)39(51)49-15-7-9-29(49)28-18-24-11-12-25-19-31(57-37(25)35(24)44-28)26-17-23-13-14-27-36(34(23)43-20-26)46-38(45-27)30-10-8-16-50(30)40(52)33(22(3)4)48-42(54)56-6/h11-14,17-22,29-30,32-33,44H,7-10,15-16H2,1-6H3,(H,45,46)(H,47,53)(H,48,54)/t29-,30-,32-,33-/m0/s1. The average molecular weight is 777 g/mol. The van der Waals surface area contributed by atoms with Gasteiger partial charge in [0.25, 0.3) is 0 Å². The molecule has 0 aliphatic carbocycles. The highest BCUT2D eigenvalue weighted by Crippen LogP contribution is 2.39. The molecule has 15 heteroatoms. The molecular weight excluding hydrogens is 729 g/mol. The summed E-state index contributed by atoms with van der Waals surface area (Å²) in [6.45, 7) is 8.77. The Balaban J connectivity index is 1.06. The number of furan rings is 1. The number of carbonyl (C=O) groups is 4. The number of pyridine rings is 1. The van der Waals surface area contributed by atoms with Gasteiger partial charge in [0.1, 0.15) is 29.2 Å². The molecule has 2 saturated heterocycles. The van der Waals surface area contributed by atoms with E-state index >= 15 is 0 Å². The summed E-state index contributed by atoms with van der Waals surface area (Å²) in [4.78, 5) is 72.1. The molecule has 0 spiro atoms. The van der Waals surface area contributed by atoms with Crippen molar-refractivity contribution in [3.63, 3.8) is 0 Å². The van der Waals surface area contributed by atoms with Crippen molar-refractivity contribution < 1.29 is 33.1 Å². The molecule has 0 bridgehead atoms. The van der Waals surface area contributed by atoms with Gasteiger partial charge in [0, 0.05) is 46.7 Å². The van der Waals surface area contributed by atoms with E-state index in [0.717, 1.165) is 69.6 Å². The van der Waals surface area contributed by atoms with Crippen LogP contribution >= 0.6 is 0 Å². The zero-order valence-corrected chi connectivity index (χ0v) is 33.0. The second-order valence-corrected chi connectivity index (χ2v) is 15.8. The fraction of sp³-hybridized carbons (Fsp3) is 0.429. The van der Waals surface area contributed by atoms with Crippen LogP contribution in [0.25, 0.3) is 55.1 Å². The molecule has 0 radical (unpaired) electrons. The van der Waals surface area contributed by atoms with E-state index in [1.807, 2.05) is 62.9 Å². The minimum atomic E-state index is -0.717. The van der Waals surface area contributed by atoms with Crippen LogP contribution in [0, 0.1) is 11.8 Å². The lowest BCUT2D eigenvalue weighted by molar-refractivity contribution is -0.136. The Kier molecular flexibility index (Phi) is 10.0. The van der Waals surface area contributed by atoms with Crippen LogP contribution in [-0.2, 0) is 19.1 Å².